The zero-order chi connectivity index (χ0) is 17.6. The highest BCUT2D eigenvalue weighted by Crippen LogP contribution is 2.23. The molecule has 2 aromatic rings. The molecule has 132 valence electrons. The van der Waals surface area contributed by atoms with Crippen molar-refractivity contribution in [3.05, 3.63) is 52.8 Å². The molecule has 3 N–H and O–H groups in total. The maximum absolute atomic E-state index is 12.4. The van der Waals surface area contributed by atoms with Crippen LogP contribution in [0.1, 0.15) is 47.8 Å². The Labute approximate surface area is 147 Å². The van der Waals surface area contributed by atoms with Gasteiger partial charge in [0.25, 0.3) is 0 Å². The molecule has 1 aliphatic rings. The van der Waals surface area contributed by atoms with Crippen molar-refractivity contribution in [3.63, 3.8) is 0 Å². The molecule has 2 amide bonds. The molecule has 3 rings (SSSR count). The Morgan fingerprint density at radius 2 is 1.96 bits per heavy atom. The highest BCUT2D eigenvalue weighted by Gasteiger charge is 2.22. The van der Waals surface area contributed by atoms with Gasteiger partial charge in [0.05, 0.1) is 5.69 Å². The summed E-state index contributed by atoms with van der Waals surface area (Å²) in [4.78, 5) is 24.5. The van der Waals surface area contributed by atoms with Crippen LogP contribution >= 0.6 is 0 Å². The average molecular weight is 340 g/mol. The number of hydrogen-bond acceptors (Lipinski definition) is 3. The molecule has 1 aliphatic carbocycles. The number of nitrogens with one attached hydrogen (secondary N) is 3. The normalized spacial score (nSPS) is 14.4. The van der Waals surface area contributed by atoms with Crippen LogP contribution in [0.25, 0.3) is 0 Å². The van der Waals surface area contributed by atoms with E-state index in [1.807, 2.05) is 30.3 Å². The molecule has 0 radical (unpaired) electrons. The molecule has 0 fully saturated rings. The van der Waals surface area contributed by atoms with E-state index in [1.165, 1.54) is 24.1 Å². The Hall–Kier alpha value is -2.63. The fourth-order valence-electron chi connectivity index (χ4n) is 3.31. The number of aryl methyl sites for hydroxylation is 2. The molecule has 0 unspecified atom stereocenters. The average Bonchev–Trinajstić information content (AvgIpc) is 3.08. The summed E-state index contributed by atoms with van der Waals surface area (Å²) in [6, 6.07) is 8.59. The van der Waals surface area contributed by atoms with Crippen LogP contribution in [0.15, 0.2) is 30.3 Å². The van der Waals surface area contributed by atoms with Gasteiger partial charge in [-0.25, -0.2) is 0 Å². The van der Waals surface area contributed by atoms with E-state index in [9.17, 15) is 9.59 Å². The van der Waals surface area contributed by atoms with Gasteiger partial charge in [0.2, 0.25) is 11.8 Å². The van der Waals surface area contributed by atoms with Crippen LogP contribution in [-0.4, -0.2) is 29.1 Å². The summed E-state index contributed by atoms with van der Waals surface area (Å²) in [7, 11) is 1.57. The van der Waals surface area contributed by atoms with Crippen LogP contribution in [0.5, 0.6) is 0 Å². The lowest BCUT2D eigenvalue weighted by Gasteiger charge is -2.17. The first-order chi connectivity index (χ1) is 12.2. The largest absolute Gasteiger partial charge is 0.357 e. The number of hydrogen-bond donors (Lipinski definition) is 3. The first kappa shape index (κ1) is 17.2. The van der Waals surface area contributed by atoms with E-state index in [0.29, 0.717) is 12.8 Å². The van der Waals surface area contributed by atoms with E-state index in [2.05, 4.69) is 20.8 Å². The van der Waals surface area contributed by atoms with Crippen LogP contribution in [-0.2, 0) is 28.9 Å². The molecular formula is C19H24N4O2. The Bertz CT molecular complexity index is 739. The van der Waals surface area contributed by atoms with Crippen molar-refractivity contribution >= 4 is 11.8 Å². The van der Waals surface area contributed by atoms with Crippen molar-refractivity contribution in [1.82, 2.24) is 20.8 Å². The van der Waals surface area contributed by atoms with Gasteiger partial charge < -0.3 is 10.6 Å². The van der Waals surface area contributed by atoms with Gasteiger partial charge >= 0.3 is 0 Å². The van der Waals surface area contributed by atoms with Crippen molar-refractivity contribution < 1.29 is 9.59 Å². The highest BCUT2D eigenvalue weighted by molar-refractivity contribution is 5.88. The molecular weight excluding hydrogens is 316 g/mol. The fraction of sp³-hybridized carbons (Fsp3) is 0.421. The zero-order valence-corrected chi connectivity index (χ0v) is 14.5. The van der Waals surface area contributed by atoms with Gasteiger partial charge in [-0.2, -0.15) is 5.10 Å². The fourth-order valence-corrected chi connectivity index (χ4v) is 3.31. The predicted octanol–water partition coefficient (Wildman–Crippen LogP) is 1.82. The third-order valence-corrected chi connectivity index (χ3v) is 4.68. The molecule has 0 bridgehead atoms. The SMILES string of the molecule is CNC(=O)[C@@H](NC(=O)CCc1n[nH]c2c1CCCC2)c1ccccc1. The Kier molecular flexibility index (Phi) is 5.48. The second kappa shape index (κ2) is 7.96. The van der Waals surface area contributed by atoms with E-state index in [1.54, 1.807) is 7.05 Å². The number of aromatic amines is 1. The van der Waals surface area contributed by atoms with Crippen LogP contribution in [0, 0.1) is 0 Å². The van der Waals surface area contributed by atoms with Gasteiger partial charge in [-0.05, 0) is 36.8 Å². The van der Waals surface area contributed by atoms with Gasteiger partial charge in [0.15, 0.2) is 0 Å². The topological polar surface area (TPSA) is 86.9 Å². The number of H-pyrrole nitrogens is 1. The third kappa shape index (κ3) is 4.07. The second-order valence-corrected chi connectivity index (χ2v) is 6.36. The van der Waals surface area contributed by atoms with E-state index in [0.717, 1.165) is 24.1 Å². The zero-order valence-electron chi connectivity index (χ0n) is 14.5. The molecule has 1 heterocycles. The number of benzene rings is 1. The third-order valence-electron chi connectivity index (χ3n) is 4.68. The molecule has 0 aliphatic heterocycles. The lowest BCUT2D eigenvalue weighted by molar-refractivity contribution is -0.128. The maximum Gasteiger partial charge on any atom is 0.246 e. The first-order valence-electron chi connectivity index (χ1n) is 8.80. The number of aromatic nitrogens is 2. The number of likely N-dealkylation sites (N-methyl/N-ethyl adjacent to an activating group) is 1. The Morgan fingerprint density at radius 1 is 1.20 bits per heavy atom. The minimum atomic E-state index is -0.674. The summed E-state index contributed by atoms with van der Waals surface area (Å²) in [6.07, 6.45) is 5.36. The maximum atomic E-state index is 12.4. The predicted molar refractivity (Wildman–Crippen MR) is 94.9 cm³/mol. The summed E-state index contributed by atoms with van der Waals surface area (Å²) in [6.45, 7) is 0. The number of amides is 2. The van der Waals surface area contributed by atoms with Crippen molar-refractivity contribution in [2.75, 3.05) is 7.05 Å². The smallest absolute Gasteiger partial charge is 0.246 e. The van der Waals surface area contributed by atoms with Gasteiger partial charge in [0.1, 0.15) is 6.04 Å². The van der Waals surface area contributed by atoms with Crippen LogP contribution in [0.4, 0.5) is 0 Å². The highest BCUT2D eigenvalue weighted by atomic mass is 16.2. The molecule has 6 nitrogen and oxygen atoms in total. The van der Waals surface area contributed by atoms with E-state index < -0.39 is 6.04 Å². The molecule has 6 heteroatoms. The van der Waals surface area contributed by atoms with E-state index in [-0.39, 0.29) is 11.8 Å². The van der Waals surface area contributed by atoms with Crippen LogP contribution in [0.3, 0.4) is 0 Å². The van der Waals surface area contributed by atoms with Crippen molar-refractivity contribution in [3.8, 4) is 0 Å². The second-order valence-electron chi connectivity index (χ2n) is 6.36. The summed E-state index contributed by atoms with van der Waals surface area (Å²) in [5, 5.41) is 12.9. The number of carbonyl (C=O) groups excluding carboxylic acids is 2. The summed E-state index contributed by atoms with van der Waals surface area (Å²) < 4.78 is 0. The minimum Gasteiger partial charge on any atom is -0.357 e. The molecule has 25 heavy (non-hydrogen) atoms. The van der Waals surface area contributed by atoms with Gasteiger partial charge in [-0.15, -0.1) is 0 Å². The number of fused-ring (bicyclic) bond motifs is 1. The van der Waals surface area contributed by atoms with Gasteiger partial charge in [-0.1, -0.05) is 30.3 Å². The van der Waals surface area contributed by atoms with Gasteiger partial charge in [0, 0.05) is 25.6 Å². The van der Waals surface area contributed by atoms with Crippen molar-refractivity contribution in [1.29, 1.82) is 0 Å². The van der Waals surface area contributed by atoms with E-state index in [4.69, 9.17) is 0 Å². The lowest BCUT2D eigenvalue weighted by atomic mass is 9.94. The summed E-state index contributed by atoms with van der Waals surface area (Å²) in [5.74, 6) is -0.373. The Balaban J connectivity index is 1.62. The summed E-state index contributed by atoms with van der Waals surface area (Å²) in [5.41, 5.74) is 4.26. The van der Waals surface area contributed by atoms with Crippen molar-refractivity contribution in [2.45, 2.75) is 44.6 Å². The quantitative estimate of drug-likeness (QED) is 0.750. The lowest BCUT2D eigenvalue weighted by Crippen LogP contribution is -2.39. The summed E-state index contributed by atoms with van der Waals surface area (Å²) >= 11 is 0. The van der Waals surface area contributed by atoms with Crippen molar-refractivity contribution in [2.24, 2.45) is 0 Å². The molecule has 0 spiro atoms. The van der Waals surface area contributed by atoms with E-state index >= 15 is 0 Å². The van der Waals surface area contributed by atoms with Crippen LogP contribution < -0.4 is 10.6 Å². The molecule has 1 aromatic heterocycles. The van der Waals surface area contributed by atoms with Crippen LogP contribution in [0.2, 0.25) is 0 Å². The monoisotopic (exact) mass is 340 g/mol. The number of carbonyl (C=O) groups is 2. The Morgan fingerprint density at radius 3 is 2.72 bits per heavy atom. The molecule has 1 aromatic carbocycles. The first-order valence-corrected chi connectivity index (χ1v) is 8.80. The number of nitrogens with zero attached hydrogens (tertiary/aromatic N) is 1. The molecule has 0 saturated carbocycles. The standard InChI is InChI=1S/C19H24N4O2/c1-20-19(25)18(13-7-3-2-4-8-13)21-17(24)12-11-16-14-9-5-6-10-15(14)22-23-16/h2-4,7-8,18H,5-6,9-12H2,1H3,(H,20,25)(H,21,24)(H,22,23)/t18-/m0/s1. The van der Waals surface area contributed by atoms with Gasteiger partial charge in [-0.3, -0.25) is 14.7 Å². The molecule has 0 saturated heterocycles. The number of rotatable bonds is 6. The minimum absolute atomic E-state index is 0.148. The molecule has 1 atom stereocenters.